The first-order valence-corrected chi connectivity index (χ1v) is 4.48. The van der Waals surface area contributed by atoms with Gasteiger partial charge in [0.1, 0.15) is 0 Å². The average Bonchev–Trinajstić information content (AvgIpc) is 1.99. The third-order valence-corrected chi connectivity index (χ3v) is 2.41. The Morgan fingerprint density at radius 3 is 2.00 bits per heavy atom. The van der Waals surface area contributed by atoms with E-state index in [0.29, 0.717) is 0 Å². The number of rotatable bonds is 1. The second kappa shape index (κ2) is 3.45. The molecule has 3 nitrogen and oxygen atoms in total. The van der Waals surface area contributed by atoms with Crippen LogP contribution in [-0.2, 0) is 0 Å². The fourth-order valence-corrected chi connectivity index (χ4v) is 1.86. The molecule has 1 rings (SSSR count). The fraction of sp³-hybridized carbons (Fsp3) is 0. The van der Waals surface area contributed by atoms with Crippen LogP contribution in [-0.4, -0.2) is 5.97 Å². The van der Waals surface area contributed by atoms with E-state index in [4.69, 9.17) is 0 Å². The van der Waals surface area contributed by atoms with Crippen LogP contribution < -0.4 is 10.2 Å². The Bertz CT molecular complexity index is 312. The maximum absolute atomic E-state index is 11.0. The molecule has 1 aromatic carbocycles. The van der Waals surface area contributed by atoms with Gasteiger partial charge in [0.15, 0.2) is 0 Å². The molecule has 5 heteroatoms. The first-order valence-electron chi connectivity index (χ1n) is 2.90. The molecule has 0 aromatic heterocycles. The van der Waals surface area contributed by atoms with Gasteiger partial charge in [-0.25, -0.2) is 0 Å². The predicted molar refractivity (Wildman–Crippen MR) is 45.6 cm³/mol. The average molecular weight is 294 g/mol. The smallest absolute Gasteiger partial charge is 0.0716 e. The van der Waals surface area contributed by atoms with Crippen LogP contribution in [0.4, 0.5) is 0 Å². The number of aromatic carboxylic acids is 1. The topological polar surface area (TPSA) is 63.2 Å². The fourth-order valence-electron chi connectivity index (χ4n) is 0.678. The van der Waals surface area contributed by atoms with Crippen molar-refractivity contribution < 1.29 is 15.0 Å². The van der Waals surface area contributed by atoms with E-state index in [0.717, 1.165) is 0 Å². The number of carbonyl (C=O) groups is 1. The van der Waals surface area contributed by atoms with Gasteiger partial charge in [0, 0.05) is 8.95 Å². The molecule has 0 saturated heterocycles. The molecule has 1 aromatic rings. The van der Waals surface area contributed by atoms with E-state index in [1.54, 1.807) is 0 Å². The number of carboxylic acid groups (broad SMARTS) is 1. The molecule has 0 fully saturated rings. The molecular weight excluding hydrogens is 292 g/mol. The summed E-state index contributed by atoms with van der Waals surface area (Å²) in [4.78, 5) is 10.4. The van der Waals surface area contributed by atoms with Gasteiger partial charge in [0.25, 0.3) is 0 Å². The monoisotopic (exact) mass is 292 g/mol. The zero-order chi connectivity index (χ0) is 9.30. The highest BCUT2D eigenvalue weighted by Gasteiger charge is 1.99. The Morgan fingerprint density at radius 2 is 1.67 bits per heavy atom. The van der Waals surface area contributed by atoms with Crippen molar-refractivity contribution in [2.24, 2.45) is 0 Å². The van der Waals surface area contributed by atoms with Crippen LogP contribution in [0.25, 0.3) is 0 Å². The van der Waals surface area contributed by atoms with E-state index in [-0.39, 0.29) is 20.3 Å². The normalized spacial score (nSPS) is 9.83. The molecule has 12 heavy (non-hydrogen) atoms. The summed E-state index contributed by atoms with van der Waals surface area (Å²) in [5, 5.41) is 21.4. The Balaban J connectivity index is 3.31. The summed E-state index contributed by atoms with van der Waals surface area (Å²) in [6.45, 7) is 0. The van der Waals surface area contributed by atoms with E-state index in [2.05, 4.69) is 31.9 Å². The van der Waals surface area contributed by atoms with Crippen molar-refractivity contribution in [1.29, 1.82) is 0 Å². The largest absolute Gasteiger partial charge is 0.871 e. The van der Waals surface area contributed by atoms with Crippen LogP contribution in [0.15, 0.2) is 21.1 Å². The molecule has 0 atom stereocenters. The second-order valence-electron chi connectivity index (χ2n) is 2.06. The van der Waals surface area contributed by atoms with E-state index in [1.807, 2.05) is 0 Å². The molecule has 0 bridgehead atoms. The zero-order valence-electron chi connectivity index (χ0n) is 5.64. The van der Waals surface area contributed by atoms with Crippen molar-refractivity contribution in [3.63, 3.8) is 0 Å². The quantitative estimate of drug-likeness (QED) is 0.764. The number of carbonyl (C=O) groups excluding carboxylic acids is 1. The van der Waals surface area contributed by atoms with Crippen molar-refractivity contribution in [2.45, 2.75) is 0 Å². The highest BCUT2D eigenvalue weighted by Crippen LogP contribution is 2.30. The highest BCUT2D eigenvalue weighted by atomic mass is 79.9. The summed E-state index contributed by atoms with van der Waals surface area (Å²) < 4.78 is 0.409. The van der Waals surface area contributed by atoms with E-state index >= 15 is 0 Å². The van der Waals surface area contributed by atoms with Crippen LogP contribution in [0.5, 0.6) is 5.75 Å². The van der Waals surface area contributed by atoms with Crippen molar-refractivity contribution in [3.05, 3.63) is 26.6 Å². The standard InChI is InChI=1S/C7H4Br2O3/c8-4-1-3(7(11)12)2-5(9)6(4)10/h1-2,10H,(H,11,12)/p-2. The number of benzene rings is 1. The lowest BCUT2D eigenvalue weighted by atomic mass is 10.2. The van der Waals surface area contributed by atoms with Crippen LogP contribution in [0, 0.1) is 0 Å². The number of hydrogen-bond acceptors (Lipinski definition) is 3. The molecule has 64 valence electrons. The maximum atomic E-state index is 11.0. The van der Waals surface area contributed by atoms with Crippen molar-refractivity contribution >= 4 is 37.8 Å². The summed E-state index contributed by atoms with van der Waals surface area (Å²) >= 11 is 5.86. The molecule has 0 N–H and O–H groups in total. The highest BCUT2D eigenvalue weighted by molar-refractivity contribution is 9.11. The van der Waals surface area contributed by atoms with E-state index in [9.17, 15) is 15.0 Å². The zero-order valence-corrected chi connectivity index (χ0v) is 8.81. The molecule has 0 aliphatic rings. The molecule has 0 amide bonds. The van der Waals surface area contributed by atoms with Crippen LogP contribution >= 0.6 is 31.9 Å². The molecule has 0 saturated carbocycles. The SMILES string of the molecule is O=C([O-])c1cc(Br)c([O-])c(Br)c1. The summed E-state index contributed by atoms with van der Waals surface area (Å²) in [5.74, 6) is -1.59. The Hall–Kier alpha value is -0.550. The van der Waals surface area contributed by atoms with E-state index < -0.39 is 5.97 Å². The maximum Gasteiger partial charge on any atom is 0.0716 e. The van der Waals surface area contributed by atoms with Gasteiger partial charge < -0.3 is 15.0 Å². The minimum Gasteiger partial charge on any atom is -0.871 e. The van der Waals surface area contributed by atoms with Crippen LogP contribution in [0.3, 0.4) is 0 Å². The summed E-state index contributed by atoms with van der Waals surface area (Å²) in [5.41, 5.74) is -0.0339. The number of halogens is 2. The molecule has 0 aliphatic heterocycles. The van der Waals surface area contributed by atoms with Gasteiger partial charge in [-0.05, 0) is 17.7 Å². The van der Waals surface area contributed by atoms with Gasteiger partial charge in [0.2, 0.25) is 0 Å². The minimum absolute atomic E-state index is 0.0339. The lowest BCUT2D eigenvalue weighted by Gasteiger charge is -2.13. The van der Waals surface area contributed by atoms with Gasteiger partial charge in [-0.2, -0.15) is 0 Å². The predicted octanol–water partition coefficient (Wildman–Crippen LogP) is 0.649. The van der Waals surface area contributed by atoms with Crippen molar-refractivity contribution in [1.82, 2.24) is 0 Å². The minimum atomic E-state index is -1.31. The Morgan fingerprint density at radius 1 is 1.25 bits per heavy atom. The van der Waals surface area contributed by atoms with Gasteiger partial charge in [-0.1, -0.05) is 37.6 Å². The van der Waals surface area contributed by atoms with E-state index in [1.165, 1.54) is 12.1 Å². The van der Waals surface area contributed by atoms with Crippen molar-refractivity contribution in [2.75, 3.05) is 0 Å². The van der Waals surface area contributed by atoms with Crippen molar-refractivity contribution in [3.8, 4) is 5.75 Å². The Kier molecular flexibility index (Phi) is 2.74. The number of carboxylic acids is 1. The van der Waals surface area contributed by atoms with Gasteiger partial charge in [0.05, 0.1) is 5.97 Å². The number of hydrogen-bond donors (Lipinski definition) is 0. The summed E-state index contributed by atoms with van der Waals surface area (Å²) in [6, 6.07) is 2.42. The third kappa shape index (κ3) is 1.78. The molecule has 0 radical (unpaired) electrons. The lowest BCUT2D eigenvalue weighted by Crippen LogP contribution is -2.22. The first-order chi connectivity index (χ1) is 5.52. The van der Waals surface area contributed by atoms with Gasteiger partial charge in [-0.15, -0.1) is 0 Å². The molecule has 0 spiro atoms. The molecule has 0 heterocycles. The summed E-state index contributed by atoms with van der Waals surface area (Å²) in [7, 11) is 0. The van der Waals surface area contributed by atoms with Gasteiger partial charge >= 0.3 is 0 Å². The van der Waals surface area contributed by atoms with Gasteiger partial charge in [-0.3, -0.25) is 0 Å². The first kappa shape index (κ1) is 9.54. The lowest BCUT2D eigenvalue weighted by molar-refractivity contribution is -0.270. The van der Waals surface area contributed by atoms with Crippen LogP contribution in [0.2, 0.25) is 0 Å². The third-order valence-electron chi connectivity index (χ3n) is 1.23. The Labute approximate surface area is 85.3 Å². The molecule has 0 unspecified atom stereocenters. The van der Waals surface area contributed by atoms with Crippen LogP contribution in [0.1, 0.15) is 10.4 Å². The molecular formula is C7H2Br2O3-2. The summed E-state index contributed by atoms with van der Waals surface area (Å²) in [6.07, 6.45) is 0. The molecule has 0 aliphatic carbocycles. The second-order valence-corrected chi connectivity index (χ2v) is 3.77.